The van der Waals surface area contributed by atoms with Gasteiger partial charge in [0.15, 0.2) is 0 Å². The van der Waals surface area contributed by atoms with E-state index in [1.807, 2.05) is 0 Å². The summed E-state index contributed by atoms with van der Waals surface area (Å²) in [7, 11) is 0. The minimum absolute atomic E-state index is 0.00664. The number of hydrogen-bond acceptors (Lipinski definition) is 1. The van der Waals surface area contributed by atoms with Gasteiger partial charge < -0.3 is 4.90 Å². The number of alkyl halides is 3. The lowest BCUT2D eigenvalue weighted by atomic mass is 9.99. The van der Waals surface area contributed by atoms with Crippen LogP contribution in [0.4, 0.5) is 13.2 Å². The summed E-state index contributed by atoms with van der Waals surface area (Å²) in [4.78, 5) is 11.9. The SMILES string of the molecule is O=C(N1CCc2c(Cl)cc(Cl)cc2C1)C(F)(F)F. The summed E-state index contributed by atoms with van der Waals surface area (Å²) in [6.07, 6.45) is -4.55. The van der Waals surface area contributed by atoms with Crippen LogP contribution >= 0.6 is 23.2 Å². The van der Waals surface area contributed by atoms with Crippen molar-refractivity contribution in [2.24, 2.45) is 0 Å². The summed E-state index contributed by atoms with van der Waals surface area (Å²) < 4.78 is 37.0. The van der Waals surface area contributed by atoms with E-state index in [1.165, 1.54) is 0 Å². The van der Waals surface area contributed by atoms with E-state index in [4.69, 9.17) is 23.2 Å². The molecule has 1 aliphatic rings. The van der Waals surface area contributed by atoms with Crippen molar-refractivity contribution in [3.8, 4) is 0 Å². The van der Waals surface area contributed by atoms with Crippen molar-refractivity contribution in [3.05, 3.63) is 33.3 Å². The number of amides is 1. The molecule has 2 rings (SSSR count). The molecule has 0 spiro atoms. The molecule has 0 aromatic heterocycles. The quantitative estimate of drug-likeness (QED) is 0.718. The van der Waals surface area contributed by atoms with Gasteiger partial charge in [-0.1, -0.05) is 23.2 Å². The molecular weight excluding hydrogens is 290 g/mol. The zero-order valence-corrected chi connectivity index (χ0v) is 10.5. The van der Waals surface area contributed by atoms with Crippen LogP contribution in [0.15, 0.2) is 12.1 Å². The lowest BCUT2D eigenvalue weighted by molar-refractivity contribution is -0.186. The Labute approximate surface area is 111 Å². The maximum atomic E-state index is 12.3. The Morgan fingerprint density at radius 3 is 2.56 bits per heavy atom. The molecule has 1 heterocycles. The van der Waals surface area contributed by atoms with Crippen LogP contribution in [0.1, 0.15) is 11.1 Å². The van der Waals surface area contributed by atoms with Crippen LogP contribution in [0.3, 0.4) is 0 Å². The average Bonchev–Trinajstić information content (AvgIpc) is 2.25. The molecule has 2 nitrogen and oxygen atoms in total. The molecule has 0 unspecified atom stereocenters. The van der Waals surface area contributed by atoms with Crippen molar-refractivity contribution in [2.75, 3.05) is 6.54 Å². The van der Waals surface area contributed by atoms with E-state index in [9.17, 15) is 18.0 Å². The third-order valence-electron chi connectivity index (χ3n) is 2.78. The number of hydrogen-bond donors (Lipinski definition) is 0. The van der Waals surface area contributed by atoms with Crippen LogP contribution in [0.5, 0.6) is 0 Å². The number of benzene rings is 1. The van der Waals surface area contributed by atoms with Gasteiger partial charge in [-0.05, 0) is 29.7 Å². The monoisotopic (exact) mass is 297 g/mol. The first-order valence-electron chi connectivity index (χ1n) is 5.12. The number of fused-ring (bicyclic) bond motifs is 1. The second-order valence-corrected chi connectivity index (χ2v) is 4.84. The van der Waals surface area contributed by atoms with Gasteiger partial charge in [0.2, 0.25) is 0 Å². The van der Waals surface area contributed by atoms with E-state index in [1.54, 1.807) is 12.1 Å². The highest BCUT2D eigenvalue weighted by atomic mass is 35.5. The summed E-state index contributed by atoms with van der Waals surface area (Å²) in [6.45, 7) is -0.110. The van der Waals surface area contributed by atoms with Gasteiger partial charge in [-0.2, -0.15) is 13.2 Å². The molecule has 1 aliphatic heterocycles. The standard InChI is InChI=1S/C11H8Cl2F3NO/c12-7-3-6-5-17(10(18)11(14,15)16)2-1-8(6)9(13)4-7/h3-4H,1-2,5H2. The number of carbonyl (C=O) groups excluding carboxylic acids is 1. The van der Waals surface area contributed by atoms with Gasteiger partial charge in [0, 0.05) is 23.1 Å². The lowest BCUT2D eigenvalue weighted by Crippen LogP contribution is -2.43. The molecule has 0 fully saturated rings. The van der Waals surface area contributed by atoms with Crippen LogP contribution in [0.25, 0.3) is 0 Å². The maximum Gasteiger partial charge on any atom is 0.471 e. The first-order chi connectivity index (χ1) is 8.29. The minimum Gasteiger partial charge on any atom is -0.330 e. The molecule has 1 aromatic rings. The second-order valence-electron chi connectivity index (χ2n) is 4.00. The second kappa shape index (κ2) is 4.63. The molecule has 18 heavy (non-hydrogen) atoms. The lowest BCUT2D eigenvalue weighted by Gasteiger charge is -2.30. The molecule has 98 valence electrons. The molecule has 0 saturated heterocycles. The molecule has 0 N–H and O–H groups in total. The van der Waals surface area contributed by atoms with Gasteiger partial charge in [0.1, 0.15) is 0 Å². The highest BCUT2D eigenvalue weighted by molar-refractivity contribution is 6.35. The molecule has 1 amide bonds. The van der Waals surface area contributed by atoms with Crippen molar-refractivity contribution in [2.45, 2.75) is 19.1 Å². The highest BCUT2D eigenvalue weighted by Crippen LogP contribution is 2.31. The minimum atomic E-state index is -4.85. The highest BCUT2D eigenvalue weighted by Gasteiger charge is 2.43. The molecular formula is C11H8Cl2F3NO. The van der Waals surface area contributed by atoms with E-state index in [0.717, 1.165) is 10.5 Å². The van der Waals surface area contributed by atoms with Gasteiger partial charge in [-0.15, -0.1) is 0 Å². The van der Waals surface area contributed by atoms with E-state index >= 15 is 0 Å². The van der Waals surface area contributed by atoms with E-state index < -0.39 is 12.1 Å². The summed E-state index contributed by atoms with van der Waals surface area (Å²) in [6, 6.07) is 3.09. The van der Waals surface area contributed by atoms with Gasteiger partial charge in [0.05, 0.1) is 0 Å². The van der Waals surface area contributed by atoms with Crippen molar-refractivity contribution >= 4 is 29.1 Å². The topological polar surface area (TPSA) is 20.3 Å². The van der Waals surface area contributed by atoms with Crippen LogP contribution in [-0.4, -0.2) is 23.5 Å². The predicted molar refractivity (Wildman–Crippen MR) is 61.6 cm³/mol. The van der Waals surface area contributed by atoms with Crippen molar-refractivity contribution in [3.63, 3.8) is 0 Å². The van der Waals surface area contributed by atoms with E-state index in [0.29, 0.717) is 22.0 Å². The van der Waals surface area contributed by atoms with Crippen LogP contribution < -0.4 is 0 Å². The molecule has 0 bridgehead atoms. The van der Waals surface area contributed by atoms with Gasteiger partial charge in [-0.3, -0.25) is 4.79 Å². The Bertz CT molecular complexity index is 502. The van der Waals surface area contributed by atoms with Gasteiger partial charge in [-0.25, -0.2) is 0 Å². The van der Waals surface area contributed by atoms with Crippen molar-refractivity contribution < 1.29 is 18.0 Å². The summed E-state index contributed by atoms with van der Waals surface area (Å²) >= 11 is 11.7. The first kappa shape index (κ1) is 13.5. The number of halogens is 5. The molecule has 0 saturated carbocycles. The van der Waals surface area contributed by atoms with Crippen molar-refractivity contribution in [1.29, 1.82) is 0 Å². The predicted octanol–water partition coefficient (Wildman–Crippen LogP) is 3.44. The average molecular weight is 298 g/mol. The van der Waals surface area contributed by atoms with Crippen LogP contribution in [0.2, 0.25) is 10.0 Å². The number of carbonyl (C=O) groups is 1. The zero-order chi connectivity index (χ0) is 13.5. The fourth-order valence-electron chi connectivity index (χ4n) is 1.96. The first-order valence-corrected chi connectivity index (χ1v) is 5.87. The van der Waals surface area contributed by atoms with E-state index in [-0.39, 0.29) is 13.1 Å². The zero-order valence-electron chi connectivity index (χ0n) is 9.02. The van der Waals surface area contributed by atoms with Gasteiger partial charge >= 0.3 is 12.1 Å². The van der Waals surface area contributed by atoms with Crippen LogP contribution in [-0.2, 0) is 17.8 Å². The third kappa shape index (κ3) is 2.57. The fourth-order valence-corrected chi connectivity index (χ4v) is 2.59. The Morgan fingerprint density at radius 2 is 1.94 bits per heavy atom. The molecule has 0 radical (unpaired) electrons. The van der Waals surface area contributed by atoms with E-state index in [2.05, 4.69) is 0 Å². The third-order valence-corrected chi connectivity index (χ3v) is 3.33. The largest absolute Gasteiger partial charge is 0.471 e. The Balaban J connectivity index is 2.28. The number of nitrogens with zero attached hydrogens (tertiary/aromatic N) is 1. The fraction of sp³-hybridized carbons (Fsp3) is 0.364. The van der Waals surface area contributed by atoms with Crippen LogP contribution in [0, 0.1) is 0 Å². The summed E-state index contributed by atoms with van der Waals surface area (Å²) in [5.74, 6) is -1.83. The summed E-state index contributed by atoms with van der Waals surface area (Å²) in [5, 5.41) is 0.775. The summed E-state index contributed by atoms with van der Waals surface area (Å²) in [5.41, 5.74) is 1.32. The maximum absolute atomic E-state index is 12.3. The van der Waals surface area contributed by atoms with Gasteiger partial charge in [0.25, 0.3) is 0 Å². The Kier molecular flexibility index (Phi) is 3.47. The molecule has 0 atom stereocenters. The molecule has 0 aliphatic carbocycles. The molecule has 1 aromatic carbocycles. The molecule has 7 heteroatoms. The van der Waals surface area contributed by atoms with Crippen molar-refractivity contribution in [1.82, 2.24) is 4.90 Å². The Morgan fingerprint density at radius 1 is 1.28 bits per heavy atom. The normalized spacial score (nSPS) is 15.5. The smallest absolute Gasteiger partial charge is 0.330 e. The number of rotatable bonds is 0. The Hall–Kier alpha value is -0.940.